The predicted molar refractivity (Wildman–Crippen MR) is 79.5 cm³/mol. The topological polar surface area (TPSA) is 89.3 Å². The first kappa shape index (κ1) is 14.1. The van der Waals surface area contributed by atoms with Crippen molar-refractivity contribution < 1.29 is 9.53 Å². The van der Waals surface area contributed by atoms with Crippen LogP contribution in [0.1, 0.15) is 0 Å². The van der Waals surface area contributed by atoms with Crippen molar-refractivity contribution in [2.75, 3.05) is 37.9 Å². The van der Waals surface area contributed by atoms with Crippen LogP contribution in [0.25, 0.3) is 10.8 Å². The van der Waals surface area contributed by atoms with Crippen LogP contribution >= 0.6 is 0 Å². The summed E-state index contributed by atoms with van der Waals surface area (Å²) in [5.74, 6) is -0.101. The van der Waals surface area contributed by atoms with E-state index in [1.54, 1.807) is 19.5 Å². The van der Waals surface area contributed by atoms with Gasteiger partial charge in [0.1, 0.15) is 0 Å². The van der Waals surface area contributed by atoms with Crippen LogP contribution in [0.5, 0.6) is 0 Å². The fourth-order valence-corrected chi connectivity index (χ4v) is 1.88. The minimum absolute atomic E-state index is 0.101. The number of methoxy groups -OCH3 is 1. The van der Waals surface area contributed by atoms with Gasteiger partial charge in [0.15, 0.2) is 0 Å². The Morgan fingerprint density at radius 3 is 3.05 bits per heavy atom. The Morgan fingerprint density at radius 1 is 1.40 bits per heavy atom. The van der Waals surface area contributed by atoms with Crippen molar-refractivity contribution in [1.82, 2.24) is 10.3 Å². The molecular formula is C14H18N4O2. The number of nitrogen functional groups attached to an aromatic ring is 1. The van der Waals surface area contributed by atoms with Crippen LogP contribution in [-0.2, 0) is 9.53 Å². The summed E-state index contributed by atoms with van der Waals surface area (Å²) in [6, 6.07) is 5.63. The van der Waals surface area contributed by atoms with E-state index in [2.05, 4.69) is 15.6 Å². The highest BCUT2D eigenvalue weighted by molar-refractivity contribution is 5.99. The second-order valence-corrected chi connectivity index (χ2v) is 4.32. The van der Waals surface area contributed by atoms with Crippen LogP contribution in [0, 0.1) is 0 Å². The van der Waals surface area contributed by atoms with Gasteiger partial charge in [-0.25, -0.2) is 0 Å². The van der Waals surface area contributed by atoms with E-state index in [0.29, 0.717) is 18.8 Å². The monoisotopic (exact) mass is 274 g/mol. The van der Waals surface area contributed by atoms with E-state index in [4.69, 9.17) is 10.5 Å². The van der Waals surface area contributed by atoms with Crippen LogP contribution in [0.3, 0.4) is 0 Å². The average molecular weight is 274 g/mol. The molecule has 4 N–H and O–H groups in total. The molecule has 0 unspecified atom stereocenters. The Kier molecular flexibility index (Phi) is 4.73. The first-order valence-electron chi connectivity index (χ1n) is 6.34. The number of nitrogens with two attached hydrogens (primary N) is 1. The van der Waals surface area contributed by atoms with E-state index in [9.17, 15) is 4.79 Å². The van der Waals surface area contributed by atoms with Gasteiger partial charge >= 0.3 is 0 Å². The lowest BCUT2D eigenvalue weighted by molar-refractivity contribution is -0.119. The number of carbonyl (C=O) groups excluding carboxylic acids is 1. The first-order chi connectivity index (χ1) is 9.72. The number of hydrogen-bond donors (Lipinski definition) is 3. The normalized spacial score (nSPS) is 10.4. The van der Waals surface area contributed by atoms with Gasteiger partial charge in [0, 0.05) is 36.8 Å². The number of rotatable bonds is 6. The number of aromatic nitrogens is 1. The van der Waals surface area contributed by atoms with Gasteiger partial charge < -0.3 is 21.1 Å². The number of ether oxygens (including phenoxy) is 1. The molecule has 0 atom stereocenters. The summed E-state index contributed by atoms with van der Waals surface area (Å²) >= 11 is 0. The molecule has 0 bridgehead atoms. The van der Waals surface area contributed by atoms with E-state index in [0.717, 1.165) is 16.5 Å². The van der Waals surface area contributed by atoms with Gasteiger partial charge in [0.2, 0.25) is 5.91 Å². The summed E-state index contributed by atoms with van der Waals surface area (Å²) in [5.41, 5.74) is 7.45. The smallest absolute Gasteiger partial charge is 0.239 e. The first-order valence-corrected chi connectivity index (χ1v) is 6.34. The van der Waals surface area contributed by atoms with Crippen LogP contribution in [0.4, 0.5) is 11.4 Å². The molecule has 0 radical (unpaired) electrons. The molecule has 1 aromatic heterocycles. The second-order valence-electron chi connectivity index (χ2n) is 4.32. The van der Waals surface area contributed by atoms with Crippen LogP contribution < -0.4 is 16.4 Å². The molecule has 1 aromatic carbocycles. The van der Waals surface area contributed by atoms with Crippen molar-refractivity contribution in [1.29, 1.82) is 0 Å². The molecule has 2 aromatic rings. The number of fused-ring (bicyclic) bond motifs is 1. The Bertz CT molecular complexity index is 601. The van der Waals surface area contributed by atoms with E-state index in [-0.39, 0.29) is 12.5 Å². The molecule has 0 fully saturated rings. The quantitative estimate of drug-likeness (QED) is 0.540. The summed E-state index contributed by atoms with van der Waals surface area (Å²) in [4.78, 5) is 15.6. The van der Waals surface area contributed by atoms with Crippen molar-refractivity contribution >= 4 is 28.1 Å². The number of benzene rings is 1. The molecule has 1 amide bonds. The summed E-state index contributed by atoms with van der Waals surface area (Å²) in [7, 11) is 1.59. The van der Waals surface area contributed by atoms with E-state index < -0.39 is 0 Å². The lowest BCUT2D eigenvalue weighted by Gasteiger charge is -2.11. The number of nitrogens with zero attached hydrogens (tertiary/aromatic N) is 1. The van der Waals surface area contributed by atoms with Crippen molar-refractivity contribution in [2.24, 2.45) is 0 Å². The molecule has 0 saturated heterocycles. The van der Waals surface area contributed by atoms with Gasteiger partial charge in [-0.1, -0.05) is 6.07 Å². The molecule has 0 aliphatic carbocycles. The van der Waals surface area contributed by atoms with E-state index >= 15 is 0 Å². The number of anilines is 2. The van der Waals surface area contributed by atoms with Crippen LogP contribution in [-0.4, -0.2) is 37.7 Å². The van der Waals surface area contributed by atoms with Crippen LogP contribution in [0.15, 0.2) is 30.6 Å². The third-order valence-electron chi connectivity index (χ3n) is 2.93. The van der Waals surface area contributed by atoms with Gasteiger partial charge in [-0.15, -0.1) is 0 Å². The molecule has 20 heavy (non-hydrogen) atoms. The number of amides is 1. The summed E-state index contributed by atoms with van der Waals surface area (Å²) in [5, 5.41) is 7.66. The highest BCUT2D eigenvalue weighted by Crippen LogP contribution is 2.27. The average Bonchev–Trinajstić information content (AvgIpc) is 2.47. The maximum Gasteiger partial charge on any atom is 0.239 e. The van der Waals surface area contributed by atoms with Crippen molar-refractivity contribution in [3.8, 4) is 0 Å². The van der Waals surface area contributed by atoms with Crippen molar-refractivity contribution in [2.45, 2.75) is 0 Å². The Balaban J connectivity index is 2.00. The number of pyridine rings is 1. The minimum Gasteiger partial charge on any atom is -0.397 e. The lowest BCUT2D eigenvalue weighted by Crippen LogP contribution is -2.32. The number of nitrogens with one attached hydrogen (secondary N) is 2. The highest BCUT2D eigenvalue weighted by Gasteiger charge is 2.06. The maximum absolute atomic E-state index is 11.6. The summed E-state index contributed by atoms with van der Waals surface area (Å²) in [6.07, 6.45) is 3.45. The van der Waals surface area contributed by atoms with E-state index in [1.165, 1.54) is 0 Å². The Hall–Kier alpha value is -2.34. The molecule has 106 valence electrons. The van der Waals surface area contributed by atoms with Gasteiger partial charge in [0.05, 0.1) is 24.5 Å². The van der Waals surface area contributed by atoms with Gasteiger partial charge in [-0.3, -0.25) is 9.78 Å². The summed E-state index contributed by atoms with van der Waals surface area (Å²) in [6.45, 7) is 1.16. The van der Waals surface area contributed by atoms with E-state index in [1.807, 2.05) is 18.2 Å². The molecule has 2 rings (SSSR count). The molecule has 0 aliphatic rings. The van der Waals surface area contributed by atoms with Crippen molar-refractivity contribution in [3.63, 3.8) is 0 Å². The molecule has 0 aliphatic heterocycles. The van der Waals surface area contributed by atoms with Gasteiger partial charge in [-0.05, 0) is 12.1 Å². The lowest BCUT2D eigenvalue weighted by atomic mass is 10.1. The third kappa shape index (κ3) is 3.36. The Labute approximate surface area is 117 Å². The largest absolute Gasteiger partial charge is 0.397 e. The molecule has 6 nitrogen and oxygen atoms in total. The Morgan fingerprint density at radius 2 is 2.25 bits per heavy atom. The van der Waals surface area contributed by atoms with Gasteiger partial charge in [-0.2, -0.15) is 0 Å². The van der Waals surface area contributed by atoms with Crippen molar-refractivity contribution in [3.05, 3.63) is 30.6 Å². The standard InChI is InChI=1S/C14H18N4O2/c1-20-7-6-17-13(19)9-18-12-3-2-10-8-16-5-4-11(10)14(12)15/h2-5,8,18H,6-7,9,15H2,1H3,(H,17,19). The minimum atomic E-state index is -0.101. The highest BCUT2D eigenvalue weighted by atomic mass is 16.5. The molecule has 0 spiro atoms. The molecule has 1 heterocycles. The SMILES string of the molecule is COCCNC(=O)CNc1ccc2cnccc2c1N. The maximum atomic E-state index is 11.6. The fourth-order valence-electron chi connectivity index (χ4n) is 1.88. The summed E-state index contributed by atoms with van der Waals surface area (Å²) < 4.78 is 4.86. The molecular weight excluding hydrogens is 256 g/mol. The fraction of sp³-hybridized carbons (Fsp3) is 0.286. The zero-order chi connectivity index (χ0) is 14.4. The third-order valence-corrected chi connectivity index (χ3v) is 2.93. The zero-order valence-electron chi connectivity index (χ0n) is 11.3. The predicted octanol–water partition coefficient (Wildman–Crippen LogP) is 0.991. The number of carbonyl (C=O) groups is 1. The number of hydrogen-bond acceptors (Lipinski definition) is 5. The second kappa shape index (κ2) is 6.72. The molecule has 6 heteroatoms. The molecule has 0 saturated carbocycles. The van der Waals surface area contributed by atoms with Gasteiger partial charge in [0.25, 0.3) is 0 Å². The zero-order valence-corrected chi connectivity index (χ0v) is 11.3. The van der Waals surface area contributed by atoms with Crippen LogP contribution in [0.2, 0.25) is 0 Å².